The summed E-state index contributed by atoms with van der Waals surface area (Å²) in [5.74, 6) is -0.0412. The Hall–Kier alpha value is -1.52. The Bertz CT molecular complexity index is 637. The van der Waals surface area contributed by atoms with Gasteiger partial charge in [0.25, 0.3) is 0 Å². The van der Waals surface area contributed by atoms with Gasteiger partial charge < -0.3 is 5.11 Å². The zero-order valence-corrected chi connectivity index (χ0v) is 13.3. The first-order valence-corrected chi connectivity index (χ1v) is 7.23. The van der Waals surface area contributed by atoms with Gasteiger partial charge in [0.15, 0.2) is 5.78 Å². The van der Waals surface area contributed by atoms with Crippen molar-refractivity contribution in [1.29, 1.82) is 0 Å². The number of hydrogen-bond acceptors (Lipinski definition) is 4. The van der Waals surface area contributed by atoms with Crippen LogP contribution in [0.1, 0.15) is 26.7 Å². The van der Waals surface area contributed by atoms with Crippen molar-refractivity contribution >= 4 is 40.9 Å². The van der Waals surface area contributed by atoms with Gasteiger partial charge in [-0.05, 0) is 23.6 Å². The minimum atomic E-state index is -0.217. The topological polar surface area (TPSA) is 61.7 Å². The molecule has 1 aromatic rings. The Morgan fingerprint density at radius 3 is 2.67 bits per heavy atom. The van der Waals surface area contributed by atoms with Crippen molar-refractivity contribution in [3.8, 4) is 0 Å². The fourth-order valence-corrected chi connectivity index (χ4v) is 2.65. The average molecular weight is 327 g/mol. The van der Waals surface area contributed by atoms with Gasteiger partial charge in [-0.25, -0.2) is 0 Å². The number of halogens is 2. The number of hydrazone groups is 1. The molecular formula is C15H16Cl2N2O2. The SMILES string of the molecule is CC1(C)CC(=O)C(/C=N\Nc2ccc(Cl)cc2Cl)=C(O)C1. The Balaban J connectivity index is 2.12. The summed E-state index contributed by atoms with van der Waals surface area (Å²) in [5.41, 5.74) is 3.33. The highest BCUT2D eigenvalue weighted by Crippen LogP contribution is 2.35. The summed E-state index contributed by atoms with van der Waals surface area (Å²) in [6.45, 7) is 3.89. The van der Waals surface area contributed by atoms with Crippen molar-refractivity contribution in [2.75, 3.05) is 5.43 Å². The van der Waals surface area contributed by atoms with Crippen LogP contribution in [0.3, 0.4) is 0 Å². The van der Waals surface area contributed by atoms with Crippen LogP contribution in [0.4, 0.5) is 5.69 Å². The fourth-order valence-electron chi connectivity index (χ4n) is 2.19. The van der Waals surface area contributed by atoms with E-state index in [4.69, 9.17) is 23.2 Å². The number of aliphatic hydroxyl groups excluding tert-OH is 1. The van der Waals surface area contributed by atoms with E-state index in [1.54, 1.807) is 18.2 Å². The van der Waals surface area contributed by atoms with Crippen LogP contribution in [-0.4, -0.2) is 17.1 Å². The number of carbonyl (C=O) groups excluding carboxylic acids is 1. The van der Waals surface area contributed by atoms with Crippen molar-refractivity contribution in [2.24, 2.45) is 10.5 Å². The minimum Gasteiger partial charge on any atom is -0.511 e. The molecule has 0 saturated carbocycles. The third-order valence-electron chi connectivity index (χ3n) is 3.21. The molecule has 0 spiro atoms. The van der Waals surface area contributed by atoms with Gasteiger partial charge in [-0.15, -0.1) is 0 Å². The molecule has 0 fully saturated rings. The highest BCUT2D eigenvalue weighted by Gasteiger charge is 2.32. The molecule has 1 aliphatic rings. The molecule has 4 nitrogen and oxygen atoms in total. The number of carbonyl (C=O) groups is 1. The van der Waals surface area contributed by atoms with E-state index in [1.165, 1.54) is 6.21 Å². The predicted octanol–water partition coefficient (Wildman–Crippen LogP) is 4.59. The van der Waals surface area contributed by atoms with E-state index >= 15 is 0 Å². The number of hydrogen-bond donors (Lipinski definition) is 2. The van der Waals surface area contributed by atoms with Gasteiger partial charge in [0.1, 0.15) is 5.76 Å². The predicted molar refractivity (Wildman–Crippen MR) is 86.3 cm³/mol. The van der Waals surface area contributed by atoms with Crippen molar-refractivity contribution in [3.05, 3.63) is 39.6 Å². The third-order valence-corrected chi connectivity index (χ3v) is 3.75. The molecule has 0 aliphatic heterocycles. The normalized spacial score (nSPS) is 18.4. The first-order valence-electron chi connectivity index (χ1n) is 6.48. The molecule has 6 heteroatoms. The van der Waals surface area contributed by atoms with Crippen LogP contribution < -0.4 is 5.43 Å². The van der Waals surface area contributed by atoms with Crippen molar-refractivity contribution in [2.45, 2.75) is 26.7 Å². The number of nitrogens with zero attached hydrogens (tertiary/aromatic N) is 1. The largest absolute Gasteiger partial charge is 0.511 e. The van der Waals surface area contributed by atoms with Crippen LogP contribution in [0.25, 0.3) is 0 Å². The van der Waals surface area contributed by atoms with E-state index in [0.29, 0.717) is 28.6 Å². The van der Waals surface area contributed by atoms with Gasteiger partial charge in [0.2, 0.25) is 0 Å². The van der Waals surface area contributed by atoms with Gasteiger partial charge in [-0.1, -0.05) is 37.0 Å². The molecule has 0 aromatic heterocycles. The monoisotopic (exact) mass is 326 g/mol. The van der Waals surface area contributed by atoms with E-state index in [-0.39, 0.29) is 22.5 Å². The number of benzene rings is 1. The van der Waals surface area contributed by atoms with Crippen molar-refractivity contribution in [1.82, 2.24) is 0 Å². The molecule has 0 saturated heterocycles. The Labute approximate surface area is 133 Å². The molecule has 0 amide bonds. The number of nitrogens with one attached hydrogen (secondary N) is 1. The van der Waals surface area contributed by atoms with Crippen LogP contribution in [0.2, 0.25) is 10.0 Å². The Morgan fingerprint density at radius 2 is 2.05 bits per heavy atom. The molecule has 2 N–H and O–H groups in total. The number of Topliss-reactive ketones (excluding diaryl/α,β-unsaturated/α-hetero) is 1. The van der Waals surface area contributed by atoms with Crippen LogP contribution in [0.15, 0.2) is 34.6 Å². The van der Waals surface area contributed by atoms with E-state index in [9.17, 15) is 9.90 Å². The lowest BCUT2D eigenvalue weighted by molar-refractivity contribution is -0.117. The van der Waals surface area contributed by atoms with E-state index in [1.807, 2.05) is 13.8 Å². The minimum absolute atomic E-state index is 0.0732. The molecule has 0 unspecified atom stereocenters. The van der Waals surface area contributed by atoms with E-state index < -0.39 is 0 Å². The molecular weight excluding hydrogens is 311 g/mol. The first-order chi connectivity index (χ1) is 9.78. The summed E-state index contributed by atoms with van der Waals surface area (Å²) < 4.78 is 0. The lowest BCUT2D eigenvalue weighted by Gasteiger charge is -2.28. The summed E-state index contributed by atoms with van der Waals surface area (Å²) >= 11 is 11.8. The quantitative estimate of drug-likeness (QED) is 0.630. The molecule has 112 valence electrons. The van der Waals surface area contributed by atoms with E-state index in [2.05, 4.69) is 10.5 Å². The molecule has 1 aliphatic carbocycles. The Morgan fingerprint density at radius 1 is 1.33 bits per heavy atom. The number of aliphatic hydroxyl groups is 1. The van der Waals surface area contributed by atoms with Crippen molar-refractivity contribution in [3.63, 3.8) is 0 Å². The summed E-state index contributed by atoms with van der Waals surface area (Å²) in [4.78, 5) is 12.0. The van der Waals surface area contributed by atoms with Crippen LogP contribution in [0.5, 0.6) is 0 Å². The maximum absolute atomic E-state index is 12.0. The van der Waals surface area contributed by atoms with E-state index in [0.717, 1.165) is 0 Å². The summed E-state index contributed by atoms with van der Waals surface area (Å²) in [7, 11) is 0. The molecule has 2 rings (SSSR count). The highest BCUT2D eigenvalue weighted by atomic mass is 35.5. The zero-order chi connectivity index (χ0) is 15.6. The number of allylic oxidation sites excluding steroid dienone is 2. The first kappa shape index (κ1) is 15.9. The molecule has 1 aromatic carbocycles. The summed E-state index contributed by atoms with van der Waals surface area (Å²) in [5, 5.41) is 14.9. The number of rotatable bonds is 3. The standard InChI is InChI=1S/C15H16Cl2N2O2/c1-15(2)6-13(20)10(14(21)7-15)8-18-19-12-4-3-9(16)5-11(12)17/h3-5,8,19-20H,6-7H2,1-2H3/b18-8-. The molecule has 0 radical (unpaired) electrons. The van der Waals surface area contributed by atoms with Gasteiger partial charge in [0, 0.05) is 17.9 Å². The molecule has 0 heterocycles. The Kier molecular flexibility index (Phi) is 4.59. The zero-order valence-electron chi connectivity index (χ0n) is 11.8. The van der Waals surface area contributed by atoms with Gasteiger partial charge in [0.05, 0.1) is 22.5 Å². The highest BCUT2D eigenvalue weighted by molar-refractivity contribution is 6.36. The molecule has 0 bridgehead atoms. The van der Waals surface area contributed by atoms with Gasteiger partial charge >= 0.3 is 0 Å². The van der Waals surface area contributed by atoms with Crippen LogP contribution >= 0.6 is 23.2 Å². The smallest absolute Gasteiger partial charge is 0.168 e. The fraction of sp³-hybridized carbons (Fsp3) is 0.333. The van der Waals surface area contributed by atoms with Gasteiger partial charge in [-0.2, -0.15) is 5.10 Å². The number of ketones is 1. The second kappa shape index (κ2) is 6.08. The van der Waals surface area contributed by atoms with Gasteiger partial charge in [-0.3, -0.25) is 10.2 Å². The summed E-state index contributed by atoms with van der Waals surface area (Å²) in [6.07, 6.45) is 2.18. The lowest BCUT2D eigenvalue weighted by Crippen LogP contribution is -2.26. The second-order valence-corrected chi connectivity index (χ2v) is 6.64. The van der Waals surface area contributed by atoms with Crippen molar-refractivity contribution < 1.29 is 9.90 Å². The molecule has 21 heavy (non-hydrogen) atoms. The maximum atomic E-state index is 12.0. The lowest BCUT2D eigenvalue weighted by atomic mass is 9.77. The second-order valence-electron chi connectivity index (χ2n) is 5.80. The third kappa shape index (κ3) is 3.99. The summed E-state index contributed by atoms with van der Waals surface area (Å²) in [6, 6.07) is 4.95. The average Bonchev–Trinajstić information content (AvgIpc) is 2.33. The van der Waals surface area contributed by atoms with Crippen LogP contribution in [0, 0.1) is 5.41 Å². The number of anilines is 1. The maximum Gasteiger partial charge on any atom is 0.168 e. The molecule has 0 atom stereocenters. The van der Waals surface area contributed by atoms with Crippen LogP contribution in [-0.2, 0) is 4.79 Å².